The summed E-state index contributed by atoms with van der Waals surface area (Å²) in [6.07, 6.45) is 7.14. The molecule has 2 amide bonds. The highest BCUT2D eigenvalue weighted by atomic mass is 16.4. The number of nitrogens with zero attached hydrogens (tertiary/aromatic N) is 1. The maximum absolute atomic E-state index is 12.6. The lowest BCUT2D eigenvalue weighted by Gasteiger charge is -2.24. The van der Waals surface area contributed by atoms with Crippen LogP contribution in [0, 0.1) is 0 Å². The van der Waals surface area contributed by atoms with E-state index in [1.54, 1.807) is 24.3 Å². The molecule has 6 nitrogen and oxygen atoms in total. The van der Waals surface area contributed by atoms with Gasteiger partial charge in [-0.15, -0.1) is 0 Å². The summed E-state index contributed by atoms with van der Waals surface area (Å²) >= 11 is 0. The lowest BCUT2D eigenvalue weighted by molar-refractivity contribution is -0.131. The molecule has 1 aromatic carbocycles. The number of para-hydroxylation sites is 1. The van der Waals surface area contributed by atoms with Crippen LogP contribution in [0.1, 0.15) is 42.5 Å². The first kappa shape index (κ1) is 17.7. The van der Waals surface area contributed by atoms with Gasteiger partial charge in [0, 0.05) is 25.2 Å². The Morgan fingerprint density at radius 3 is 2.46 bits per heavy atom. The number of carbonyl (C=O) groups is 3. The Hall–Kier alpha value is -2.63. The zero-order valence-corrected chi connectivity index (χ0v) is 13.7. The van der Waals surface area contributed by atoms with E-state index < -0.39 is 11.9 Å². The van der Waals surface area contributed by atoms with Gasteiger partial charge in [-0.3, -0.25) is 9.59 Å². The fourth-order valence-corrected chi connectivity index (χ4v) is 2.84. The van der Waals surface area contributed by atoms with Crippen LogP contribution in [0.5, 0.6) is 0 Å². The van der Waals surface area contributed by atoms with Crippen molar-refractivity contribution in [3.05, 3.63) is 42.0 Å². The van der Waals surface area contributed by atoms with Crippen LogP contribution in [0.3, 0.4) is 0 Å². The van der Waals surface area contributed by atoms with E-state index in [9.17, 15) is 14.4 Å². The number of benzene rings is 1. The van der Waals surface area contributed by atoms with E-state index in [0.717, 1.165) is 37.8 Å². The highest BCUT2D eigenvalue weighted by molar-refractivity contribution is 6.08. The van der Waals surface area contributed by atoms with Gasteiger partial charge in [0.25, 0.3) is 11.8 Å². The van der Waals surface area contributed by atoms with Crippen molar-refractivity contribution in [2.24, 2.45) is 0 Å². The van der Waals surface area contributed by atoms with Crippen molar-refractivity contribution in [1.82, 2.24) is 5.32 Å². The van der Waals surface area contributed by atoms with Gasteiger partial charge in [-0.05, 0) is 25.0 Å². The lowest BCUT2D eigenvalue weighted by atomic mass is 9.95. The highest BCUT2D eigenvalue weighted by Gasteiger charge is 2.21. The number of carbonyl (C=O) groups excluding carboxylic acids is 2. The largest absolute Gasteiger partial charge is 0.478 e. The third-order valence-electron chi connectivity index (χ3n) is 4.15. The first-order chi connectivity index (χ1) is 11.5. The number of hydrogen-bond donors (Lipinski definition) is 2. The quantitative estimate of drug-likeness (QED) is 0.811. The average Bonchev–Trinajstić information content (AvgIpc) is 2.59. The molecule has 0 spiro atoms. The zero-order chi connectivity index (χ0) is 17.5. The topological polar surface area (TPSA) is 86.7 Å². The zero-order valence-electron chi connectivity index (χ0n) is 13.7. The molecule has 0 unspecified atom stereocenters. The third kappa shape index (κ3) is 4.68. The standard InChI is InChI=1S/C18H22N2O4/c1-20(16(21)11-12-17(22)23)15-10-6-5-9-14(15)18(24)19-13-7-3-2-4-8-13/h5-6,9-13H,2-4,7-8H2,1H3,(H,19,24)(H,22,23)/b12-11+. The molecule has 0 aliphatic heterocycles. The summed E-state index contributed by atoms with van der Waals surface area (Å²) in [6.45, 7) is 0. The molecule has 6 heteroatoms. The first-order valence-corrected chi connectivity index (χ1v) is 8.07. The van der Waals surface area contributed by atoms with Crippen molar-refractivity contribution in [2.75, 3.05) is 11.9 Å². The van der Waals surface area contributed by atoms with Crippen molar-refractivity contribution in [2.45, 2.75) is 38.1 Å². The number of rotatable bonds is 5. The molecule has 2 rings (SSSR count). The van der Waals surface area contributed by atoms with Gasteiger partial charge in [0.05, 0.1) is 11.3 Å². The summed E-state index contributed by atoms with van der Waals surface area (Å²) in [5.74, 6) is -1.91. The molecule has 24 heavy (non-hydrogen) atoms. The molecule has 0 bridgehead atoms. The van der Waals surface area contributed by atoms with Crippen LogP contribution in [-0.2, 0) is 9.59 Å². The number of hydrogen-bond acceptors (Lipinski definition) is 3. The average molecular weight is 330 g/mol. The number of amides is 2. The van der Waals surface area contributed by atoms with E-state index >= 15 is 0 Å². The fourth-order valence-electron chi connectivity index (χ4n) is 2.84. The predicted octanol–water partition coefficient (Wildman–Crippen LogP) is 2.35. The molecule has 0 heterocycles. The maximum atomic E-state index is 12.6. The van der Waals surface area contributed by atoms with E-state index in [4.69, 9.17) is 5.11 Å². The van der Waals surface area contributed by atoms with Gasteiger partial charge in [0.15, 0.2) is 0 Å². The molecule has 0 saturated heterocycles. The number of nitrogens with one attached hydrogen (secondary N) is 1. The van der Waals surface area contributed by atoms with Crippen LogP contribution in [0.4, 0.5) is 5.69 Å². The Kier molecular flexibility index (Phi) is 6.12. The molecule has 0 radical (unpaired) electrons. The van der Waals surface area contributed by atoms with Crippen LogP contribution in [-0.4, -0.2) is 36.0 Å². The van der Waals surface area contributed by atoms with Crippen molar-refractivity contribution in [3.63, 3.8) is 0 Å². The van der Waals surface area contributed by atoms with Gasteiger partial charge in [0.2, 0.25) is 0 Å². The Morgan fingerprint density at radius 2 is 1.79 bits per heavy atom. The van der Waals surface area contributed by atoms with Gasteiger partial charge >= 0.3 is 5.97 Å². The van der Waals surface area contributed by atoms with Crippen LogP contribution >= 0.6 is 0 Å². The Morgan fingerprint density at radius 1 is 1.12 bits per heavy atom. The molecule has 1 aliphatic carbocycles. The summed E-state index contributed by atoms with van der Waals surface area (Å²) in [5, 5.41) is 11.6. The van der Waals surface area contributed by atoms with Gasteiger partial charge in [0.1, 0.15) is 0 Å². The maximum Gasteiger partial charge on any atom is 0.328 e. The second-order valence-corrected chi connectivity index (χ2v) is 5.89. The molecule has 2 N–H and O–H groups in total. The smallest absolute Gasteiger partial charge is 0.328 e. The molecule has 1 fully saturated rings. The van der Waals surface area contributed by atoms with Crippen LogP contribution in [0.2, 0.25) is 0 Å². The molecule has 0 atom stereocenters. The second-order valence-electron chi connectivity index (χ2n) is 5.89. The molecule has 1 aromatic rings. The van der Waals surface area contributed by atoms with Gasteiger partial charge in [-0.1, -0.05) is 31.4 Å². The summed E-state index contributed by atoms with van der Waals surface area (Å²) < 4.78 is 0. The number of aliphatic carboxylic acids is 1. The predicted molar refractivity (Wildman–Crippen MR) is 91.0 cm³/mol. The molecular weight excluding hydrogens is 308 g/mol. The minimum atomic E-state index is -1.19. The van der Waals surface area contributed by atoms with Gasteiger partial charge in [-0.2, -0.15) is 0 Å². The molecule has 128 valence electrons. The van der Waals surface area contributed by atoms with Gasteiger partial charge < -0.3 is 15.3 Å². The van der Waals surface area contributed by atoms with Crippen LogP contribution in [0.15, 0.2) is 36.4 Å². The summed E-state index contributed by atoms with van der Waals surface area (Å²) in [5.41, 5.74) is 0.855. The van der Waals surface area contributed by atoms with Crippen molar-refractivity contribution in [1.29, 1.82) is 0 Å². The second kappa shape index (κ2) is 8.29. The first-order valence-electron chi connectivity index (χ1n) is 8.07. The lowest BCUT2D eigenvalue weighted by Crippen LogP contribution is -2.37. The Labute approximate surface area is 141 Å². The van der Waals surface area contributed by atoms with E-state index in [2.05, 4.69) is 5.32 Å². The highest BCUT2D eigenvalue weighted by Crippen LogP contribution is 2.22. The normalized spacial score (nSPS) is 15.2. The van der Waals surface area contributed by atoms with E-state index in [0.29, 0.717) is 11.3 Å². The monoisotopic (exact) mass is 330 g/mol. The number of carboxylic acid groups (broad SMARTS) is 1. The minimum absolute atomic E-state index is 0.173. The number of carboxylic acids is 1. The fraction of sp³-hybridized carbons (Fsp3) is 0.389. The summed E-state index contributed by atoms with van der Waals surface area (Å²) in [6, 6.07) is 6.98. The van der Waals surface area contributed by atoms with E-state index in [1.165, 1.54) is 18.4 Å². The van der Waals surface area contributed by atoms with Crippen LogP contribution in [0.25, 0.3) is 0 Å². The Balaban J connectivity index is 2.15. The molecular formula is C18H22N2O4. The van der Waals surface area contributed by atoms with E-state index in [-0.39, 0.29) is 11.9 Å². The van der Waals surface area contributed by atoms with Crippen LogP contribution < -0.4 is 10.2 Å². The summed E-state index contributed by atoms with van der Waals surface area (Å²) in [4.78, 5) is 36.4. The van der Waals surface area contributed by atoms with Crippen molar-refractivity contribution in [3.8, 4) is 0 Å². The molecule has 1 aliphatic rings. The summed E-state index contributed by atoms with van der Waals surface area (Å²) in [7, 11) is 1.52. The number of likely N-dealkylation sites (N-methyl/N-ethyl adjacent to an activating group) is 1. The minimum Gasteiger partial charge on any atom is -0.478 e. The number of anilines is 1. The van der Waals surface area contributed by atoms with Crippen molar-refractivity contribution < 1.29 is 19.5 Å². The molecule has 0 aromatic heterocycles. The SMILES string of the molecule is CN(C(=O)/C=C/C(=O)O)c1ccccc1C(=O)NC1CCCCC1. The van der Waals surface area contributed by atoms with E-state index in [1.807, 2.05) is 0 Å². The third-order valence-corrected chi connectivity index (χ3v) is 4.15. The van der Waals surface area contributed by atoms with Gasteiger partial charge in [-0.25, -0.2) is 4.79 Å². The van der Waals surface area contributed by atoms with Crippen molar-refractivity contribution >= 4 is 23.5 Å². The molecule has 1 saturated carbocycles. The Bertz CT molecular complexity index is 648.